The molecule has 30 heavy (non-hydrogen) atoms. The highest BCUT2D eigenvalue weighted by atomic mass is 16.1. The van der Waals surface area contributed by atoms with Crippen molar-refractivity contribution in [2.24, 2.45) is 5.92 Å². The zero-order valence-electron chi connectivity index (χ0n) is 17.6. The van der Waals surface area contributed by atoms with Crippen LogP contribution in [0.2, 0.25) is 0 Å². The second-order valence-corrected chi connectivity index (χ2v) is 8.10. The Morgan fingerprint density at radius 3 is 2.47 bits per heavy atom. The fourth-order valence-corrected chi connectivity index (χ4v) is 4.01. The molecule has 1 aliphatic heterocycles. The first kappa shape index (κ1) is 20.1. The number of aromatic nitrogens is 2. The largest absolute Gasteiger partial charge is 0.356 e. The lowest BCUT2D eigenvalue weighted by atomic mass is 9.95. The van der Waals surface area contributed by atoms with E-state index in [0.29, 0.717) is 6.54 Å². The molecule has 5 heteroatoms. The summed E-state index contributed by atoms with van der Waals surface area (Å²) in [7, 11) is 0. The molecule has 0 radical (unpaired) electrons. The first-order valence-electron chi connectivity index (χ1n) is 10.6. The first-order valence-corrected chi connectivity index (χ1v) is 10.6. The van der Waals surface area contributed by atoms with Crippen LogP contribution in [0.3, 0.4) is 0 Å². The minimum atomic E-state index is 0.0594. The van der Waals surface area contributed by atoms with E-state index in [4.69, 9.17) is 0 Å². The minimum absolute atomic E-state index is 0.0594. The predicted molar refractivity (Wildman–Crippen MR) is 120 cm³/mol. The summed E-state index contributed by atoms with van der Waals surface area (Å²) in [4.78, 5) is 23.8. The van der Waals surface area contributed by atoms with Crippen molar-refractivity contribution in [2.75, 3.05) is 18.0 Å². The normalized spacial score (nSPS) is 14.5. The number of hydrogen-bond donors (Lipinski definition) is 1. The highest BCUT2D eigenvalue weighted by Gasteiger charge is 2.25. The molecule has 2 aromatic carbocycles. The van der Waals surface area contributed by atoms with Gasteiger partial charge in [-0.25, -0.2) is 9.97 Å². The topological polar surface area (TPSA) is 58.1 Å². The molecule has 154 valence electrons. The fourth-order valence-electron chi connectivity index (χ4n) is 4.01. The minimum Gasteiger partial charge on any atom is -0.356 e. The van der Waals surface area contributed by atoms with Crippen LogP contribution in [0.25, 0.3) is 11.3 Å². The number of benzene rings is 2. The van der Waals surface area contributed by atoms with Crippen molar-refractivity contribution in [1.29, 1.82) is 0 Å². The number of piperidine rings is 1. The van der Waals surface area contributed by atoms with Crippen LogP contribution in [-0.4, -0.2) is 29.0 Å². The van der Waals surface area contributed by atoms with Crippen LogP contribution in [0.1, 0.15) is 29.5 Å². The van der Waals surface area contributed by atoms with Crippen LogP contribution in [0.15, 0.2) is 60.9 Å². The lowest BCUT2D eigenvalue weighted by molar-refractivity contribution is -0.125. The number of aryl methyl sites for hydroxylation is 2. The first-order chi connectivity index (χ1) is 14.6. The van der Waals surface area contributed by atoms with E-state index in [1.807, 2.05) is 18.2 Å². The van der Waals surface area contributed by atoms with Gasteiger partial charge in [0.1, 0.15) is 12.1 Å². The molecule has 0 aliphatic carbocycles. The summed E-state index contributed by atoms with van der Waals surface area (Å²) in [6, 6.07) is 18.7. The number of carbonyl (C=O) groups excluding carboxylic acids is 1. The molecular formula is C25H28N4O. The fraction of sp³-hybridized carbons (Fsp3) is 0.320. The van der Waals surface area contributed by atoms with Gasteiger partial charge in [0.05, 0.1) is 5.69 Å². The van der Waals surface area contributed by atoms with Gasteiger partial charge < -0.3 is 10.2 Å². The van der Waals surface area contributed by atoms with Gasteiger partial charge in [-0.2, -0.15) is 0 Å². The monoisotopic (exact) mass is 400 g/mol. The van der Waals surface area contributed by atoms with E-state index in [-0.39, 0.29) is 11.8 Å². The summed E-state index contributed by atoms with van der Waals surface area (Å²) in [5.74, 6) is 1.14. The predicted octanol–water partition coefficient (Wildman–Crippen LogP) is 4.29. The third kappa shape index (κ3) is 4.85. The molecular weight excluding hydrogens is 372 g/mol. The third-order valence-electron chi connectivity index (χ3n) is 5.71. The number of nitrogens with zero attached hydrogens (tertiary/aromatic N) is 3. The smallest absolute Gasteiger partial charge is 0.223 e. The molecule has 1 fully saturated rings. The van der Waals surface area contributed by atoms with Gasteiger partial charge in [-0.15, -0.1) is 0 Å². The van der Waals surface area contributed by atoms with Gasteiger partial charge in [-0.1, -0.05) is 53.6 Å². The van der Waals surface area contributed by atoms with Gasteiger partial charge in [0.15, 0.2) is 0 Å². The Kier molecular flexibility index (Phi) is 6.07. The molecule has 1 N–H and O–H groups in total. The van der Waals surface area contributed by atoms with Crippen molar-refractivity contribution in [1.82, 2.24) is 15.3 Å². The van der Waals surface area contributed by atoms with Crippen molar-refractivity contribution in [2.45, 2.75) is 33.2 Å². The molecule has 4 rings (SSSR count). The molecule has 1 aliphatic rings. The summed E-state index contributed by atoms with van der Waals surface area (Å²) in [6.45, 7) is 6.39. The van der Waals surface area contributed by atoms with E-state index in [1.165, 1.54) is 11.1 Å². The Morgan fingerprint density at radius 2 is 1.73 bits per heavy atom. The molecule has 0 bridgehead atoms. The van der Waals surface area contributed by atoms with Gasteiger partial charge in [0.25, 0.3) is 0 Å². The molecule has 2 heterocycles. The maximum atomic E-state index is 12.6. The van der Waals surface area contributed by atoms with Gasteiger partial charge >= 0.3 is 0 Å². The van der Waals surface area contributed by atoms with Crippen molar-refractivity contribution in [3.63, 3.8) is 0 Å². The van der Waals surface area contributed by atoms with E-state index in [0.717, 1.165) is 48.6 Å². The maximum Gasteiger partial charge on any atom is 0.223 e. The molecule has 1 saturated heterocycles. The summed E-state index contributed by atoms with van der Waals surface area (Å²) in [5.41, 5.74) is 5.60. The highest BCUT2D eigenvalue weighted by Crippen LogP contribution is 2.25. The second-order valence-electron chi connectivity index (χ2n) is 8.10. The van der Waals surface area contributed by atoms with Crippen LogP contribution in [0.4, 0.5) is 5.82 Å². The van der Waals surface area contributed by atoms with E-state index >= 15 is 0 Å². The van der Waals surface area contributed by atoms with Crippen LogP contribution in [0, 0.1) is 19.8 Å². The van der Waals surface area contributed by atoms with Gasteiger partial charge in [0, 0.05) is 37.2 Å². The third-order valence-corrected chi connectivity index (χ3v) is 5.71. The molecule has 1 aromatic heterocycles. The summed E-state index contributed by atoms with van der Waals surface area (Å²) in [5, 5.41) is 3.10. The Morgan fingerprint density at radius 1 is 1.00 bits per heavy atom. The molecule has 0 unspecified atom stereocenters. The molecule has 0 spiro atoms. The summed E-state index contributed by atoms with van der Waals surface area (Å²) < 4.78 is 0. The van der Waals surface area contributed by atoms with Crippen LogP contribution >= 0.6 is 0 Å². The highest BCUT2D eigenvalue weighted by molar-refractivity contribution is 5.79. The molecule has 5 nitrogen and oxygen atoms in total. The lowest BCUT2D eigenvalue weighted by Gasteiger charge is -2.32. The number of rotatable bonds is 5. The quantitative estimate of drug-likeness (QED) is 0.694. The SMILES string of the molecule is Cc1cccc(CNC(=O)C2CCN(c3cc(-c4cccc(C)c4)ncn3)CC2)c1. The second kappa shape index (κ2) is 9.08. The molecule has 1 amide bonds. The van der Waals surface area contributed by atoms with Crippen LogP contribution in [-0.2, 0) is 11.3 Å². The number of amides is 1. The molecule has 0 saturated carbocycles. The Balaban J connectivity index is 1.34. The maximum absolute atomic E-state index is 12.6. The van der Waals surface area contributed by atoms with Gasteiger partial charge in [-0.05, 0) is 38.3 Å². The lowest BCUT2D eigenvalue weighted by Crippen LogP contribution is -2.40. The Bertz CT molecular complexity index is 1020. The summed E-state index contributed by atoms with van der Waals surface area (Å²) in [6.07, 6.45) is 3.31. The van der Waals surface area contributed by atoms with E-state index in [1.54, 1.807) is 6.33 Å². The number of nitrogens with one attached hydrogen (secondary N) is 1. The average molecular weight is 401 g/mol. The van der Waals surface area contributed by atoms with Gasteiger partial charge in [-0.3, -0.25) is 4.79 Å². The summed E-state index contributed by atoms with van der Waals surface area (Å²) >= 11 is 0. The van der Waals surface area contributed by atoms with Crippen molar-refractivity contribution in [3.05, 3.63) is 77.6 Å². The van der Waals surface area contributed by atoms with Crippen molar-refractivity contribution in [3.8, 4) is 11.3 Å². The number of carbonyl (C=O) groups is 1. The van der Waals surface area contributed by atoms with Crippen LogP contribution < -0.4 is 10.2 Å². The van der Waals surface area contributed by atoms with Gasteiger partial charge in [0.2, 0.25) is 5.91 Å². The number of hydrogen-bond acceptors (Lipinski definition) is 4. The zero-order chi connectivity index (χ0) is 20.9. The Hall–Kier alpha value is -3.21. The Labute approximate surface area is 178 Å². The van der Waals surface area contributed by atoms with E-state index < -0.39 is 0 Å². The molecule has 0 atom stereocenters. The van der Waals surface area contributed by atoms with Crippen LogP contribution in [0.5, 0.6) is 0 Å². The van der Waals surface area contributed by atoms with E-state index in [9.17, 15) is 4.79 Å². The average Bonchev–Trinajstić information content (AvgIpc) is 2.78. The van der Waals surface area contributed by atoms with Crippen molar-refractivity contribution >= 4 is 11.7 Å². The van der Waals surface area contributed by atoms with Crippen molar-refractivity contribution < 1.29 is 4.79 Å². The van der Waals surface area contributed by atoms with E-state index in [2.05, 4.69) is 70.4 Å². The molecule has 3 aromatic rings. The number of anilines is 1. The zero-order valence-corrected chi connectivity index (χ0v) is 17.6. The standard InChI is InChI=1S/C25H28N4O/c1-18-5-3-7-20(13-18)16-26-25(30)21-9-11-29(12-10-21)24-15-23(27-17-28-24)22-8-4-6-19(2)14-22/h3-8,13-15,17,21H,9-12,16H2,1-2H3,(H,26,30).